The van der Waals surface area contributed by atoms with E-state index < -0.39 is 85.4 Å². The summed E-state index contributed by atoms with van der Waals surface area (Å²) in [4.78, 5) is 5.22. The van der Waals surface area contributed by atoms with E-state index in [2.05, 4.69) is 29.2 Å². The molecule has 0 saturated carbocycles. The van der Waals surface area contributed by atoms with Gasteiger partial charge in [-0.2, -0.15) is 0 Å². The monoisotopic (exact) mass is 766 g/mol. The summed E-state index contributed by atoms with van der Waals surface area (Å²) in [6, 6.07) is 45.8. The number of nitrogens with zero attached hydrogens (tertiary/aromatic N) is 3. The van der Waals surface area contributed by atoms with Crippen LogP contribution < -0.4 is 31.1 Å². The zero-order valence-corrected chi connectivity index (χ0v) is 31.5. The lowest BCUT2D eigenvalue weighted by Gasteiger charge is -2.45. The lowest BCUT2D eigenvalue weighted by atomic mass is 9.33. The summed E-state index contributed by atoms with van der Waals surface area (Å²) in [6.45, 7) is -3.14. The van der Waals surface area contributed by atoms with E-state index >= 15 is 0 Å². The Morgan fingerprint density at radius 1 is 0.424 bits per heavy atom. The SMILES string of the molecule is [2H]c1c([2H])c([2H])c(N(c2ccc3c(c2)N(c2ccccc2)c2cc(C([2H])([2H])[2H])cc4c2B3c2ccc(-c3ccccc3)cc2N4c2cccc(-c3ccccc3)c2)c2c([2H])c([2H])c([2H])c([2H])c2[2H])c([2H])c1[2H]. The molecule has 0 bridgehead atoms. The third-order valence-electron chi connectivity index (χ3n) is 11.1. The van der Waals surface area contributed by atoms with Gasteiger partial charge in [0.1, 0.15) is 0 Å². The molecular formula is C55H40BN3. The molecule has 2 aliphatic heterocycles. The number of rotatable bonds is 7. The van der Waals surface area contributed by atoms with Gasteiger partial charge in [0.05, 0.1) is 13.7 Å². The molecule has 0 spiro atoms. The van der Waals surface area contributed by atoms with Crippen molar-refractivity contribution in [3.05, 3.63) is 230 Å². The van der Waals surface area contributed by atoms with E-state index in [1.54, 1.807) is 24.3 Å². The molecule has 59 heavy (non-hydrogen) atoms. The minimum atomic E-state index is -2.59. The summed E-state index contributed by atoms with van der Waals surface area (Å²) >= 11 is 0. The Kier molecular flexibility index (Phi) is 5.78. The molecule has 2 heterocycles. The predicted octanol–water partition coefficient (Wildman–Crippen LogP) is 12.9. The first-order chi connectivity index (χ1) is 34.5. The smallest absolute Gasteiger partial charge is 0.252 e. The van der Waals surface area contributed by atoms with Gasteiger partial charge in [-0.15, -0.1) is 0 Å². The molecule has 3 nitrogen and oxygen atoms in total. The van der Waals surface area contributed by atoms with Gasteiger partial charge in [-0.3, -0.25) is 0 Å². The molecule has 0 aliphatic carbocycles. The zero-order valence-electron chi connectivity index (χ0n) is 44.5. The molecule has 9 aromatic rings. The second-order valence-electron chi connectivity index (χ2n) is 14.4. The summed E-state index contributed by atoms with van der Waals surface area (Å²) in [5.74, 6) is 0. The molecule has 9 aromatic carbocycles. The Morgan fingerprint density at radius 3 is 1.54 bits per heavy atom. The molecule has 0 fully saturated rings. The molecule has 0 saturated heterocycles. The van der Waals surface area contributed by atoms with Gasteiger partial charge in [-0.05, 0) is 130 Å². The number of para-hydroxylation sites is 3. The first kappa shape index (κ1) is 23.6. The highest BCUT2D eigenvalue weighted by Gasteiger charge is 2.43. The molecule has 11 rings (SSSR count). The average molecular weight is 767 g/mol. The van der Waals surface area contributed by atoms with Crippen molar-refractivity contribution in [1.29, 1.82) is 0 Å². The first-order valence-electron chi connectivity index (χ1n) is 25.8. The van der Waals surface area contributed by atoms with E-state index in [1.807, 2.05) is 120 Å². The highest BCUT2D eigenvalue weighted by molar-refractivity contribution is 7.00. The van der Waals surface area contributed by atoms with Gasteiger partial charge >= 0.3 is 0 Å². The van der Waals surface area contributed by atoms with Gasteiger partial charge in [-0.25, -0.2) is 0 Å². The van der Waals surface area contributed by atoms with Crippen LogP contribution in [0.1, 0.15) is 23.4 Å². The lowest BCUT2D eigenvalue weighted by molar-refractivity contribution is 1.23. The Labute approximate surface area is 365 Å². The van der Waals surface area contributed by atoms with Crippen molar-refractivity contribution < 1.29 is 17.8 Å². The molecule has 2 aliphatic rings. The number of fused-ring (bicyclic) bond motifs is 4. The molecule has 0 amide bonds. The number of hydrogen-bond acceptors (Lipinski definition) is 3. The average Bonchev–Trinajstić information content (AvgIpc) is 3.40. The van der Waals surface area contributed by atoms with E-state index in [0.29, 0.717) is 22.7 Å². The van der Waals surface area contributed by atoms with E-state index in [0.717, 1.165) is 54.9 Å². The first-order valence-corrected chi connectivity index (χ1v) is 19.3. The Hall–Kier alpha value is -7.56. The van der Waals surface area contributed by atoms with Gasteiger partial charge in [-0.1, -0.05) is 145 Å². The largest absolute Gasteiger partial charge is 0.311 e. The highest BCUT2D eigenvalue weighted by atomic mass is 15.2. The molecule has 0 aromatic heterocycles. The van der Waals surface area contributed by atoms with Crippen molar-refractivity contribution in [2.75, 3.05) is 14.7 Å². The number of aryl methyl sites for hydroxylation is 1. The van der Waals surface area contributed by atoms with Gasteiger partial charge < -0.3 is 14.7 Å². The van der Waals surface area contributed by atoms with Gasteiger partial charge in [0.15, 0.2) is 0 Å². The quantitative estimate of drug-likeness (QED) is 0.150. The zero-order chi connectivity index (χ0) is 50.5. The molecule has 278 valence electrons. The summed E-state index contributed by atoms with van der Waals surface area (Å²) in [6.07, 6.45) is 0. The summed E-state index contributed by atoms with van der Waals surface area (Å²) < 4.78 is 115. The number of hydrogen-bond donors (Lipinski definition) is 0. The van der Waals surface area contributed by atoms with E-state index in [-0.39, 0.29) is 11.3 Å². The van der Waals surface area contributed by atoms with Crippen LogP contribution in [0.15, 0.2) is 224 Å². The van der Waals surface area contributed by atoms with E-state index in [9.17, 15) is 0 Å². The molecule has 4 heteroatoms. The fraction of sp³-hybridized carbons (Fsp3) is 0.0182. The van der Waals surface area contributed by atoms with Crippen molar-refractivity contribution in [3.63, 3.8) is 0 Å². The van der Waals surface area contributed by atoms with Crippen LogP contribution in [0, 0.1) is 6.85 Å². The van der Waals surface area contributed by atoms with Crippen molar-refractivity contribution >= 4 is 74.3 Å². The fourth-order valence-electron chi connectivity index (χ4n) is 8.60. The van der Waals surface area contributed by atoms with Crippen molar-refractivity contribution in [1.82, 2.24) is 0 Å². The topological polar surface area (TPSA) is 9.72 Å². The van der Waals surface area contributed by atoms with Crippen LogP contribution in [-0.2, 0) is 0 Å². The Morgan fingerprint density at radius 2 is 0.932 bits per heavy atom. The lowest BCUT2D eigenvalue weighted by Crippen LogP contribution is -2.61. The molecular weight excluding hydrogens is 713 g/mol. The van der Waals surface area contributed by atoms with Crippen molar-refractivity contribution in [3.8, 4) is 22.3 Å². The molecule has 0 atom stereocenters. The fourth-order valence-corrected chi connectivity index (χ4v) is 8.60. The third-order valence-corrected chi connectivity index (χ3v) is 11.1. The standard InChI is InChI=1S/C55H40BN3/c1-39-34-53-55-54(35-39)59(47-29-17-22-42(36-47)40-18-7-2-8-19-40)51-37-43(41-20-9-3-10-21-41)30-32-49(51)56(55)50-33-31-48(38-52(50)58(53)46-27-15-6-16-28-46)57(44-23-11-4-12-24-44)45-25-13-5-14-26-45/h2-38H,1H3/i1D3,4D,5D,11D,12D,13D,14D,23D,24D,25D,26D. The van der Waals surface area contributed by atoms with Crippen LogP contribution in [0.25, 0.3) is 22.3 Å². The molecule has 0 radical (unpaired) electrons. The maximum Gasteiger partial charge on any atom is 0.252 e. The second-order valence-corrected chi connectivity index (χ2v) is 14.4. The summed E-state index contributed by atoms with van der Waals surface area (Å²) in [5.41, 5.74) is 9.58. The van der Waals surface area contributed by atoms with Crippen LogP contribution >= 0.6 is 0 Å². The van der Waals surface area contributed by atoms with Crippen LogP contribution in [0.4, 0.5) is 51.2 Å². The van der Waals surface area contributed by atoms with E-state index in [1.165, 1.54) is 0 Å². The minimum Gasteiger partial charge on any atom is -0.311 e. The normalized spacial score (nSPS) is 15.7. The highest BCUT2D eigenvalue weighted by Crippen LogP contribution is 2.47. The van der Waals surface area contributed by atoms with E-state index in [4.69, 9.17) is 17.8 Å². The van der Waals surface area contributed by atoms with Gasteiger partial charge in [0.2, 0.25) is 0 Å². The van der Waals surface area contributed by atoms with Gasteiger partial charge in [0.25, 0.3) is 6.71 Å². The molecule has 0 N–H and O–H groups in total. The maximum absolute atomic E-state index is 9.17. The predicted molar refractivity (Wildman–Crippen MR) is 251 cm³/mol. The summed E-state index contributed by atoms with van der Waals surface area (Å²) in [7, 11) is 0. The van der Waals surface area contributed by atoms with Crippen molar-refractivity contribution in [2.24, 2.45) is 0 Å². The number of benzene rings is 9. The minimum absolute atomic E-state index is 0.0716. The maximum atomic E-state index is 9.17. The van der Waals surface area contributed by atoms with Crippen LogP contribution in [0.5, 0.6) is 0 Å². The van der Waals surface area contributed by atoms with Crippen molar-refractivity contribution in [2.45, 2.75) is 6.85 Å². The van der Waals surface area contributed by atoms with Crippen LogP contribution in [0.2, 0.25) is 0 Å². The number of anilines is 9. The Balaban J connectivity index is 1.25. The second kappa shape index (κ2) is 14.4. The molecule has 0 unspecified atom stereocenters. The Bertz CT molecular complexity index is 3540. The third kappa shape index (κ3) is 6.00. The van der Waals surface area contributed by atoms with Crippen LogP contribution in [0.3, 0.4) is 0 Å². The van der Waals surface area contributed by atoms with Crippen LogP contribution in [-0.4, -0.2) is 6.71 Å². The van der Waals surface area contributed by atoms with Gasteiger partial charge in [0, 0.05) is 55.3 Å². The summed E-state index contributed by atoms with van der Waals surface area (Å²) in [5, 5.41) is 0.